The number of methoxy groups -OCH3 is 1. The molecule has 0 amide bonds. The molecule has 5 aliphatic rings. The fourth-order valence-electron chi connectivity index (χ4n) is 13.5. The maximum atomic E-state index is 11.0. The zero-order valence-electron chi connectivity index (χ0n) is 42.2. The first-order valence-corrected chi connectivity index (χ1v) is 26.3. The summed E-state index contributed by atoms with van der Waals surface area (Å²) in [4.78, 5) is 15.0. The highest BCUT2D eigenvalue weighted by Gasteiger charge is 2.61. The van der Waals surface area contributed by atoms with Gasteiger partial charge in [-0.15, -0.1) is 27.0 Å². The molecule has 14 rings (SSSR count). The van der Waals surface area contributed by atoms with E-state index in [9.17, 15) is 5.11 Å². The SMILES string of the molecule is C=CCCc1nc(-n2nc(C34CCC(OC)(CC3)C4)[n+]3ccnc(Oc4cc(Cc5ccccc5Oc5nccn6c(C78CCC(O)(CC7)C8)nnc56)ccc4C)c23)cn2c(C3(c4ccc(C)cc4)CC3)nnc12. The molecule has 4 bridgehead atoms. The molecule has 16 nitrogen and oxygen atoms in total. The molecule has 16 heteroatoms. The van der Waals surface area contributed by atoms with E-state index in [0.717, 1.165) is 123 Å². The topological polar surface area (TPSA) is 169 Å². The molecular formula is C58H59N12O4+. The van der Waals surface area contributed by atoms with Gasteiger partial charge in [0.1, 0.15) is 23.1 Å². The van der Waals surface area contributed by atoms with Gasteiger partial charge in [0.2, 0.25) is 11.5 Å². The summed E-state index contributed by atoms with van der Waals surface area (Å²) < 4.78 is 28.2. The van der Waals surface area contributed by atoms with Crippen molar-refractivity contribution in [3.8, 4) is 29.1 Å². The minimum absolute atomic E-state index is 0.158. The first-order chi connectivity index (χ1) is 36.0. The summed E-state index contributed by atoms with van der Waals surface area (Å²) in [6, 6.07) is 23.2. The van der Waals surface area contributed by atoms with Crippen LogP contribution in [-0.2, 0) is 33.8 Å². The van der Waals surface area contributed by atoms with E-state index in [4.69, 9.17) is 44.6 Å². The standard InChI is InChI=1S/C58H59N12O4/c1-5-6-10-42-46-62-65-53(58(26-27-58)41-16-12-37(2)13-17-41)69(46)34-45(61-42)70-50-49(60-29-31-68(50)52(66-70)55-20-24-57(36-55,72-4)25-21-55)74-44-33-39(15-14-38(44)3)32-40-9-7-8-11-43(40)73-48-47-63-64-51(67(47)30-28-59-48)54-18-22-56(71,35-54)23-19-54/h5,7-9,11-17,28-31,33-34,71H,1,6,10,18-27,32,35-36H2,2-4H3/q+1. The summed E-state index contributed by atoms with van der Waals surface area (Å²) in [5.74, 6) is 5.48. The quantitative estimate of drug-likeness (QED) is 0.0764. The molecule has 0 spiro atoms. The van der Waals surface area contributed by atoms with Crippen molar-refractivity contribution < 1.29 is 23.7 Å². The molecule has 74 heavy (non-hydrogen) atoms. The van der Waals surface area contributed by atoms with E-state index in [1.807, 2.05) is 59.1 Å². The monoisotopic (exact) mass is 987 g/mol. The van der Waals surface area contributed by atoms with E-state index in [2.05, 4.69) is 94.0 Å². The van der Waals surface area contributed by atoms with E-state index < -0.39 is 5.60 Å². The summed E-state index contributed by atoms with van der Waals surface area (Å²) >= 11 is 0. The van der Waals surface area contributed by atoms with Crippen LogP contribution in [0.4, 0.5) is 0 Å². The van der Waals surface area contributed by atoms with Crippen LogP contribution in [0.5, 0.6) is 23.3 Å². The van der Waals surface area contributed by atoms with Crippen molar-refractivity contribution in [2.24, 2.45) is 0 Å². The Morgan fingerprint density at radius 1 is 0.757 bits per heavy atom. The average molecular weight is 988 g/mol. The van der Waals surface area contributed by atoms with Crippen LogP contribution in [0.2, 0.25) is 0 Å². The Balaban J connectivity index is 0.840. The Morgan fingerprint density at radius 2 is 1.51 bits per heavy atom. The van der Waals surface area contributed by atoms with Crippen LogP contribution in [0.3, 0.4) is 0 Å². The molecule has 5 fully saturated rings. The number of allylic oxidation sites excluding steroid dienone is 1. The number of para-hydroxylation sites is 1. The van der Waals surface area contributed by atoms with Gasteiger partial charge in [0, 0.05) is 36.4 Å². The number of aromatic nitrogens is 12. The zero-order chi connectivity index (χ0) is 50.0. The van der Waals surface area contributed by atoms with Crippen molar-refractivity contribution in [1.29, 1.82) is 0 Å². The third-order valence-corrected chi connectivity index (χ3v) is 17.8. The number of hydrogen-bond acceptors (Lipinski definition) is 12. The van der Waals surface area contributed by atoms with Gasteiger partial charge in [0.05, 0.1) is 46.3 Å². The second-order valence-corrected chi connectivity index (χ2v) is 22.3. The minimum atomic E-state index is -0.607. The van der Waals surface area contributed by atoms with Crippen molar-refractivity contribution in [3.63, 3.8) is 0 Å². The number of fused-ring (bicyclic) bond motifs is 7. The van der Waals surface area contributed by atoms with Gasteiger partial charge in [0.15, 0.2) is 5.65 Å². The molecule has 6 aromatic heterocycles. The van der Waals surface area contributed by atoms with Crippen LogP contribution in [0, 0.1) is 13.8 Å². The lowest BCUT2D eigenvalue weighted by Crippen LogP contribution is -2.36. The fraction of sp³-hybridized carbons (Fsp3) is 0.397. The molecule has 9 aromatic rings. The van der Waals surface area contributed by atoms with Gasteiger partial charge < -0.3 is 19.3 Å². The predicted molar refractivity (Wildman–Crippen MR) is 274 cm³/mol. The summed E-state index contributed by atoms with van der Waals surface area (Å²) in [6.45, 7) is 8.23. The lowest BCUT2D eigenvalue weighted by Gasteiger charge is -2.24. The number of aliphatic hydroxyl groups is 1. The Morgan fingerprint density at radius 3 is 2.27 bits per heavy atom. The van der Waals surface area contributed by atoms with Crippen molar-refractivity contribution >= 4 is 16.9 Å². The molecular weight excluding hydrogens is 929 g/mol. The van der Waals surface area contributed by atoms with Crippen LogP contribution in [0.1, 0.15) is 134 Å². The Labute approximate surface area is 428 Å². The van der Waals surface area contributed by atoms with Gasteiger partial charge in [-0.3, -0.25) is 8.80 Å². The Hall–Kier alpha value is -7.43. The van der Waals surface area contributed by atoms with Crippen molar-refractivity contribution in [2.45, 2.75) is 138 Å². The van der Waals surface area contributed by atoms with E-state index in [1.54, 1.807) is 6.20 Å². The first kappa shape index (κ1) is 45.2. The maximum absolute atomic E-state index is 11.0. The normalized spacial score (nSPS) is 24.4. The molecule has 374 valence electrons. The largest absolute Gasteiger partial charge is 0.436 e. The third kappa shape index (κ3) is 7.04. The first-order valence-electron chi connectivity index (χ1n) is 26.3. The second kappa shape index (κ2) is 16.5. The lowest BCUT2D eigenvalue weighted by molar-refractivity contribution is -0.529. The molecule has 0 radical (unpaired) electrons. The molecule has 1 N–H and O–H groups in total. The van der Waals surface area contributed by atoms with Crippen molar-refractivity contribution in [2.75, 3.05) is 7.11 Å². The van der Waals surface area contributed by atoms with E-state index in [0.29, 0.717) is 59.6 Å². The van der Waals surface area contributed by atoms with Gasteiger partial charge in [0.25, 0.3) is 17.6 Å². The smallest absolute Gasteiger partial charge is 0.336 e. The van der Waals surface area contributed by atoms with E-state index >= 15 is 0 Å². The molecule has 6 heterocycles. The van der Waals surface area contributed by atoms with Crippen molar-refractivity contribution in [3.05, 3.63) is 161 Å². The van der Waals surface area contributed by atoms with Crippen LogP contribution >= 0.6 is 0 Å². The average Bonchev–Trinajstić information content (AvgIpc) is 4.17. The molecule has 0 atom stereocenters. The lowest BCUT2D eigenvalue weighted by atomic mass is 9.83. The van der Waals surface area contributed by atoms with Crippen molar-refractivity contribution in [1.82, 2.24) is 53.9 Å². The molecule has 0 unspecified atom stereocenters. The van der Waals surface area contributed by atoms with Crippen LogP contribution in [0.15, 0.2) is 110 Å². The molecule has 3 aromatic carbocycles. The zero-order valence-corrected chi connectivity index (χ0v) is 42.2. The molecule has 0 aliphatic heterocycles. The minimum Gasteiger partial charge on any atom is -0.436 e. The Bertz CT molecular complexity index is 3710. The van der Waals surface area contributed by atoms with E-state index in [-0.39, 0.29) is 21.8 Å². The van der Waals surface area contributed by atoms with E-state index in [1.165, 1.54) is 11.1 Å². The van der Waals surface area contributed by atoms with Gasteiger partial charge in [-0.1, -0.05) is 66.2 Å². The summed E-state index contributed by atoms with van der Waals surface area (Å²) in [6.07, 6.45) is 24.2. The molecule has 5 aliphatic carbocycles. The highest BCUT2D eigenvalue weighted by Crippen LogP contribution is 2.59. The van der Waals surface area contributed by atoms with Gasteiger partial charge >= 0.3 is 5.65 Å². The number of nitrogens with zero attached hydrogens (tertiary/aromatic N) is 12. The number of benzene rings is 3. The second-order valence-electron chi connectivity index (χ2n) is 22.3. The summed E-state index contributed by atoms with van der Waals surface area (Å²) in [5, 5.41) is 35.7. The summed E-state index contributed by atoms with van der Waals surface area (Å²) in [5.41, 5.74) is 6.80. The summed E-state index contributed by atoms with van der Waals surface area (Å²) in [7, 11) is 1.85. The van der Waals surface area contributed by atoms with Gasteiger partial charge in [-0.05, 0) is 143 Å². The number of ether oxygens (including phenoxy) is 3. The third-order valence-electron chi connectivity index (χ3n) is 17.8. The fourth-order valence-corrected chi connectivity index (χ4v) is 13.5. The van der Waals surface area contributed by atoms with Crippen LogP contribution in [0.25, 0.3) is 22.8 Å². The van der Waals surface area contributed by atoms with Gasteiger partial charge in [-0.2, -0.15) is 4.40 Å². The molecule has 0 saturated heterocycles. The van der Waals surface area contributed by atoms with Gasteiger partial charge in [-0.25, -0.2) is 15.0 Å². The molecule has 5 saturated carbocycles. The number of aryl methyl sites for hydroxylation is 3. The predicted octanol–water partition coefficient (Wildman–Crippen LogP) is 9.42. The van der Waals surface area contributed by atoms with Crippen LogP contribution in [-0.4, -0.2) is 77.3 Å². The van der Waals surface area contributed by atoms with Crippen LogP contribution < -0.4 is 13.9 Å². The maximum Gasteiger partial charge on any atom is 0.336 e. The highest BCUT2D eigenvalue weighted by atomic mass is 16.5. The Kier molecular flexibility index (Phi) is 10.1. The highest BCUT2D eigenvalue weighted by molar-refractivity contribution is 5.56. The number of rotatable bonds is 15. The number of hydrogen-bond donors (Lipinski definition) is 1.